The van der Waals surface area contributed by atoms with Crippen molar-refractivity contribution in [3.63, 3.8) is 0 Å². The SMILES string of the molecule is CCNC(c1ccc(Br)s1)c1nc(C)cs1. The lowest BCUT2D eigenvalue weighted by Gasteiger charge is -2.13. The molecule has 1 atom stereocenters. The summed E-state index contributed by atoms with van der Waals surface area (Å²) in [6.07, 6.45) is 0. The molecule has 0 saturated carbocycles. The van der Waals surface area contributed by atoms with Gasteiger partial charge in [0.2, 0.25) is 0 Å². The van der Waals surface area contributed by atoms with Crippen molar-refractivity contribution >= 4 is 38.6 Å². The van der Waals surface area contributed by atoms with E-state index in [9.17, 15) is 0 Å². The Balaban J connectivity index is 2.30. The van der Waals surface area contributed by atoms with Crippen LogP contribution in [0, 0.1) is 6.92 Å². The van der Waals surface area contributed by atoms with Crippen molar-refractivity contribution in [3.05, 3.63) is 36.9 Å². The third kappa shape index (κ3) is 2.71. The molecule has 2 aromatic heterocycles. The van der Waals surface area contributed by atoms with Crippen LogP contribution in [0.1, 0.15) is 28.5 Å². The van der Waals surface area contributed by atoms with Gasteiger partial charge in [-0.3, -0.25) is 0 Å². The van der Waals surface area contributed by atoms with Crippen LogP contribution in [0.15, 0.2) is 21.3 Å². The van der Waals surface area contributed by atoms with Crippen molar-refractivity contribution in [2.45, 2.75) is 19.9 Å². The first kappa shape index (κ1) is 12.2. The number of nitrogens with one attached hydrogen (secondary N) is 1. The minimum absolute atomic E-state index is 0.236. The molecule has 0 spiro atoms. The molecule has 0 fully saturated rings. The van der Waals surface area contributed by atoms with Crippen LogP contribution in [0.5, 0.6) is 0 Å². The normalized spacial score (nSPS) is 12.9. The van der Waals surface area contributed by atoms with Gasteiger partial charge >= 0.3 is 0 Å². The minimum Gasteiger partial charge on any atom is -0.304 e. The molecule has 16 heavy (non-hydrogen) atoms. The molecule has 0 radical (unpaired) electrons. The van der Waals surface area contributed by atoms with Gasteiger partial charge in [-0.2, -0.15) is 0 Å². The van der Waals surface area contributed by atoms with E-state index in [4.69, 9.17) is 0 Å². The second-order valence-electron chi connectivity index (χ2n) is 3.46. The van der Waals surface area contributed by atoms with Gasteiger partial charge in [-0.25, -0.2) is 4.98 Å². The number of thiazole rings is 1. The molecule has 0 bridgehead atoms. The molecule has 0 amide bonds. The maximum Gasteiger partial charge on any atom is 0.115 e. The van der Waals surface area contributed by atoms with E-state index in [1.54, 1.807) is 22.7 Å². The van der Waals surface area contributed by atoms with E-state index in [0.29, 0.717) is 0 Å². The number of rotatable bonds is 4. The smallest absolute Gasteiger partial charge is 0.115 e. The average Bonchev–Trinajstić information content (AvgIpc) is 2.84. The number of hydrogen-bond donors (Lipinski definition) is 1. The summed E-state index contributed by atoms with van der Waals surface area (Å²) < 4.78 is 1.17. The van der Waals surface area contributed by atoms with Gasteiger partial charge in [0.1, 0.15) is 5.01 Å². The van der Waals surface area contributed by atoms with Crippen molar-refractivity contribution < 1.29 is 0 Å². The van der Waals surface area contributed by atoms with Crippen LogP contribution < -0.4 is 5.32 Å². The molecule has 86 valence electrons. The molecule has 0 aliphatic heterocycles. The summed E-state index contributed by atoms with van der Waals surface area (Å²) in [5.41, 5.74) is 1.10. The second kappa shape index (κ2) is 5.40. The summed E-state index contributed by atoms with van der Waals surface area (Å²) in [6.45, 7) is 5.10. The third-order valence-electron chi connectivity index (χ3n) is 2.17. The van der Waals surface area contributed by atoms with Crippen molar-refractivity contribution in [1.29, 1.82) is 0 Å². The highest BCUT2D eigenvalue weighted by atomic mass is 79.9. The standard InChI is InChI=1S/C11H13BrN2S2/c1-3-13-10(8-4-5-9(12)16-8)11-14-7(2)6-15-11/h4-6,10,13H,3H2,1-2H3. The Hall–Kier alpha value is -0.230. The van der Waals surface area contributed by atoms with E-state index >= 15 is 0 Å². The fourth-order valence-corrected chi connectivity index (χ4v) is 3.97. The number of aryl methyl sites for hydroxylation is 1. The number of nitrogens with zero attached hydrogens (tertiary/aromatic N) is 1. The lowest BCUT2D eigenvalue weighted by molar-refractivity contribution is 0.635. The van der Waals surface area contributed by atoms with Crippen LogP contribution in [0.2, 0.25) is 0 Å². The number of aromatic nitrogens is 1. The van der Waals surface area contributed by atoms with Gasteiger partial charge in [-0.1, -0.05) is 6.92 Å². The van der Waals surface area contributed by atoms with Crippen molar-refractivity contribution in [3.8, 4) is 0 Å². The maximum atomic E-state index is 4.56. The van der Waals surface area contributed by atoms with Crippen molar-refractivity contribution in [1.82, 2.24) is 10.3 Å². The number of thiophene rings is 1. The van der Waals surface area contributed by atoms with Gasteiger partial charge in [-0.15, -0.1) is 22.7 Å². The zero-order valence-electron chi connectivity index (χ0n) is 9.16. The van der Waals surface area contributed by atoms with Gasteiger partial charge in [0.25, 0.3) is 0 Å². The van der Waals surface area contributed by atoms with Crippen LogP contribution in [-0.4, -0.2) is 11.5 Å². The van der Waals surface area contributed by atoms with Gasteiger partial charge in [0, 0.05) is 16.0 Å². The van der Waals surface area contributed by atoms with Gasteiger partial charge in [0.05, 0.1) is 9.83 Å². The lowest BCUT2D eigenvalue weighted by atomic mass is 10.2. The first-order chi connectivity index (χ1) is 7.70. The Morgan fingerprint density at radius 3 is 2.81 bits per heavy atom. The van der Waals surface area contributed by atoms with E-state index in [1.807, 2.05) is 6.92 Å². The van der Waals surface area contributed by atoms with E-state index in [1.165, 1.54) is 8.66 Å². The van der Waals surface area contributed by atoms with E-state index < -0.39 is 0 Å². The van der Waals surface area contributed by atoms with Crippen LogP contribution in [0.4, 0.5) is 0 Å². The van der Waals surface area contributed by atoms with Gasteiger partial charge in [0.15, 0.2) is 0 Å². The molecule has 5 heteroatoms. The zero-order valence-corrected chi connectivity index (χ0v) is 12.4. The number of hydrogen-bond acceptors (Lipinski definition) is 4. The molecule has 2 aromatic rings. The Morgan fingerprint density at radius 1 is 1.50 bits per heavy atom. The third-order valence-corrected chi connectivity index (χ3v) is 4.89. The maximum absolute atomic E-state index is 4.56. The molecular weight excluding hydrogens is 304 g/mol. The molecule has 1 unspecified atom stereocenters. The van der Waals surface area contributed by atoms with Gasteiger partial charge < -0.3 is 5.32 Å². The monoisotopic (exact) mass is 316 g/mol. The fourth-order valence-electron chi connectivity index (χ4n) is 1.50. The second-order valence-corrected chi connectivity index (χ2v) is 6.84. The quantitative estimate of drug-likeness (QED) is 0.923. The molecule has 1 N–H and O–H groups in total. The van der Waals surface area contributed by atoms with Gasteiger partial charge in [-0.05, 0) is 41.5 Å². The van der Waals surface area contributed by atoms with Crippen LogP contribution in [0.3, 0.4) is 0 Å². The first-order valence-electron chi connectivity index (χ1n) is 5.11. The summed E-state index contributed by atoms with van der Waals surface area (Å²) in [4.78, 5) is 5.87. The summed E-state index contributed by atoms with van der Waals surface area (Å²) in [7, 11) is 0. The predicted molar refractivity (Wildman–Crippen MR) is 74.4 cm³/mol. The Labute approximate surface area is 112 Å². The van der Waals surface area contributed by atoms with Crippen molar-refractivity contribution in [2.24, 2.45) is 0 Å². The molecule has 0 aliphatic rings. The number of halogens is 1. The van der Waals surface area contributed by atoms with Crippen molar-refractivity contribution in [2.75, 3.05) is 6.54 Å². The lowest BCUT2D eigenvalue weighted by Crippen LogP contribution is -2.20. The highest BCUT2D eigenvalue weighted by Crippen LogP contribution is 2.32. The topological polar surface area (TPSA) is 24.9 Å². The van der Waals surface area contributed by atoms with Crippen LogP contribution >= 0.6 is 38.6 Å². The molecular formula is C11H13BrN2S2. The summed E-state index contributed by atoms with van der Waals surface area (Å²) >= 11 is 6.98. The van der Waals surface area contributed by atoms with E-state index in [2.05, 4.69) is 50.7 Å². The Kier molecular flexibility index (Phi) is 4.13. The summed E-state index contributed by atoms with van der Waals surface area (Å²) in [5.74, 6) is 0. The minimum atomic E-state index is 0.236. The molecule has 2 rings (SSSR count). The largest absolute Gasteiger partial charge is 0.304 e. The van der Waals surface area contributed by atoms with Crippen LogP contribution in [-0.2, 0) is 0 Å². The summed E-state index contributed by atoms with van der Waals surface area (Å²) in [6, 6.07) is 4.48. The molecule has 2 nitrogen and oxygen atoms in total. The molecule has 0 saturated heterocycles. The van der Waals surface area contributed by atoms with E-state index in [0.717, 1.165) is 17.2 Å². The highest BCUT2D eigenvalue weighted by Gasteiger charge is 2.17. The first-order valence-corrected chi connectivity index (χ1v) is 7.60. The predicted octanol–water partition coefficient (Wildman–Crippen LogP) is 3.97. The highest BCUT2D eigenvalue weighted by molar-refractivity contribution is 9.11. The molecule has 0 aromatic carbocycles. The fraction of sp³-hybridized carbons (Fsp3) is 0.364. The molecule has 0 aliphatic carbocycles. The Bertz CT molecular complexity index is 424. The summed E-state index contributed by atoms with van der Waals surface area (Å²) in [5, 5.41) is 6.73. The molecule has 2 heterocycles. The van der Waals surface area contributed by atoms with Crippen LogP contribution in [0.25, 0.3) is 0 Å². The zero-order chi connectivity index (χ0) is 11.5. The Morgan fingerprint density at radius 2 is 2.31 bits per heavy atom. The van der Waals surface area contributed by atoms with E-state index in [-0.39, 0.29) is 6.04 Å². The average molecular weight is 317 g/mol.